The molecule has 0 aromatic carbocycles. The van der Waals surface area contributed by atoms with Gasteiger partial charge in [-0.2, -0.15) is 0 Å². The van der Waals surface area contributed by atoms with E-state index < -0.39 is 0 Å². The highest BCUT2D eigenvalue weighted by Crippen LogP contribution is 2.16. The van der Waals surface area contributed by atoms with Gasteiger partial charge in [-0.15, -0.1) is 0 Å². The lowest BCUT2D eigenvalue weighted by Gasteiger charge is -2.08. The molecule has 1 aromatic heterocycles. The monoisotopic (exact) mass is 201 g/mol. The second-order valence-corrected chi connectivity index (χ2v) is 3.57. The van der Waals surface area contributed by atoms with E-state index in [4.69, 9.17) is 16.3 Å². The number of nitrogens with one attached hydrogen (secondary N) is 1. The molecule has 0 amide bonds. The Balaban J connectivity index is 2.77. The molecule has 0 radical (unpaired) electrons. The van der Waals surface area contributed by atoms with Crippen molar-refractivity contribution in [1.29, 1.82) is 0 Å². The zero-order chi connectivity index (χ0) is 9.84. The van der Waals surface area contributed by atoms with Crippen LogP contribution in [0.2, 0.25) is 5.02 Å². The molecule has 0 aliphatic carbocycles. The van der Waals surface area contributed by atoms with E-state index >= 15 is 0 Å². The van der Waals surface area contributed by atoms with Gasteiger partial charge >= 0.3 is 0 Å². The summed E-state index contributed by atoms with van der Waals surface area (Å²) in [5.41, 5.74) is -0.223. The largest absolute Gasteiger partial charge is 0.478 e. The van der Waals surface area contributed by atoms with Gasteiger partial charge in [-0.1, -0.05) is 25.4 Å². The number of aromatic nitrogens is 1. The van der Waals surface area contributed by atoms with Crippen LogP contribution < -0.4 is 10.2 Å². The van der Waals surface area contributed by atoms with Crippen molar-refractivity contribution in [2.24, 2.45) is 5.92 Å². The van der Waals surface area contributed by atoms with Gasteiger partial charge in [-0.05, 0) is 5.92 Å². The number of aromatic amines is 1. The highest BCUT2D eigenvalue weighted by atomic mass is 35.5. The quantitative estimate of drug-likeness (QED) is 0.814. The van der Waals surface area contributed by atoms with Crippen molar-refractivity contribution in [3.05, 3.63) is 27.5 Å². The van der Waals surface area contributed by atoms with E-state index in [-0.39, 0.29) is 10.5 Å². The number of rotatable bonds is 3. The van der Waals surface area contributed by atoms with Gasteiger partial charge < -0.3 is 9.72 Å². The zero-order valence-electron chi connectivity index (χ0n) is 7.63. The highest BCUT2D eigenvalue weighted by Gasteiger charge is 2.05. The molecule has 0 atom stereocenters. The summed E-state index contributed by atoms with van der Waals surface area (Å²) in [6.45, 7) is 4.59. The number of hydrogen-bond acceptors (Lipinski definition) is 2. The Hall–Kier alpha value is -0.960. The van der Waals surface area contributed by atoms with Gasteiger partial charge in [0.15, 0.2) is 0 Å². The lowest BCUT2D eigenvalue weighted by molar-refractivity contribution is 0.261. The molecule has 0 unspecified atom stereocenters. The second-order valence-electron chi connectivity index (χ2n) is 3.19. The fourth-order valence-electron chi connectivity index (χ4n) is 0.796. The van der Waals surface area contributed by atoms with Crippen LogP contribution in [0, 0.1) is 5.92 Å². The molecule has 1 aromatic rings. The second kappa shape index (κ2) is 4.33. The topological polar surface area (TPSA) is 42.1 Å². The Labute approximate surface area is 81.7 Å². The fraction of sp³-hybridized carbons (Fsp3) is 0.444. The molecule has 0 aliphatic heterocycles. The average molecular weight is 202 g/mol. The van der Waals surface area contributed by atoms with Gasteiger partial charge in [0.2, 0.25) is 11.3 Å². The Bertz CT molecular complexity index is 333. The molecule has 1 rings (SSSR count). The van der Waals surface area contributed by atoms with E-state index in [2.05, 4.69) is 4.98 Å². The zero-order valence-corrected chi connectivity index (χ0v) is 8.39. The third-order valence-corrected chi connectivity index (χ3v) is 1.78. The standard InChI is InChI=1S/C9H12ClNO2/c1-6(2)5-13-9-8(10)7(12)3-4-11-9/h3-4,6H,5H2,1-2H3,(H,11,12). The summed E-state index contributed by atoms with van der Waals surface area (Å²) in [7, 11) is 0. The molecule has 0 bridgehead atoms. The normalized spacial score (nSPS) is 10.5. The summed E-state index contributed by atoms with van der Waals surface area (Å²) >= 11 is 5.71. The summed E-state index contributed by atoms with van der Waals surface area (Å²) in [4.78, 5) is 13.8. The van der Waals surface area contributed by atoms with Gasteiger partial charge in [0.1, 0.15) is 5.02 Å². The number of hydrogen-bond donors (Lipinski definition) is 1. The first-order valence-electron chi connectivity index (χ1n) is 4.11. The van der Waals surface area contributed by atoms with Crippen LogP contribution in [0.25, 0.3) is 0 Å². The Morgan fingerprint density at radius 3 is 2.92 bits per heavy atom. The van der Waals surface area contributed by atoms with Crippen molar-refractivity contribution in [1.82, 2.24) is 4.98 Å². The SMILES string of the molecule is CC(C)COc1[nH]ccc(=O)c1Cl. The molecule has 0 fully saturated rings. The third-order valence-electron chi connectivity index (χ3n) is 1.43. The smallest absolute Gasteiger partial charge is 0.214 e. The van der Waals surface area contributed by atoms with Gasteiger partial charge in [0.05, 0.1) is 6.61 Å². The van der Waals surface area contributed by atoms with Crippen molar-refractivity contribution in [3.63, 3.8) is 0 Å². The molecule has 0 saturated carbocycles. The first-order chi connectivity index (χ1) is 6.11. The van der Waals surface area contributed by atoms with Crippen molar-refractivity contribution >= 4 is 11.6 Å². The molecule has 0 saturated heterocycles. The molecule has 72 valence electrons. The molecule has 3 nitrogen and oxygen atoms in total. The maximum Gasteiger partial charge on any atom is 0.214 e. The van der Waals surface area contributed by atoms with E-state index in [9.17, 15) is 4.79 Å². The molecule has 1 heterocycles. The molecule has 1 N–H and O–H groups in total. The van der Waals surface area contributed by atoms with Crippen LogP contribution in [-0.2, 0) is 0 Å². The van der Waals surface area contributed by atoms with Crippen molar-refractivity contribution in [3.8, 4) is 5.88 Å². The predicted molar refractivity (Wildman–Crippen MR) is 52.4 cm³/mol. The minimum Gasteiger partial charge on any atom is -0.478 e. The van der Waals surface area contributed by atoms with Gasteiger partial charge in [-0.3, -0.25) is 4.79 Å². The van der Waals surface area contributed by atoms with Gasteiger partial charge in [0, 0.05) is 12.3 Å². The van der Waals surface area contributed by atoms with E-state index in [1.807, 2.05) is 13.8 Å². The minimum absolute atomic E-state index is 0.114. The van der Waals surface area contributed by atoms with Crippen LogP contribution in [0.4, 0.5) is 0 Å². The van der Waals surface area contributed by atoms with E-state index in [1.54, 1.807) is 0 Å². The van der Waals surface area contributed by atoms with Gasteiger partial charge in [-0.25, -0.2) is 0 Å². The number of H-pyrrole nitrogens is 1. The molecule has 13 heavy (non-hydrogen) atoms. The summed E-state index contributed by atoms with van der Waals surface area (Å²) in [5.74, 6) is 0.752. The van der Waals surface area contributed by atoms with Crippen molar-refractivity contribution in [2.45, 2.75) is 13.8 Å². The van der Waals surface area contributed by atoms with Crippen LogP contribution in [0.5, 0.6) is 5.88 Å². The highest BCUT2D eigenvalue weighted by molar-refractivity contribution is 6.31. The van der Waals surface area contributed by atoms with E-state index in [0.29, 0.717) is 18.4 Å². The van der Waals surface area contributed by atoms with Crippen molar-refractivity contribution in [2.75, 3.05) is 6.61 Å². The average Bonchev–Trinajstić information content (AvgIpc) is 2.07. The minimum atomic E-state index is -0.223. The van der Waals surface area contributed by atoms with Crippen LogP contribution in [0.15, 0.2) is 17.1 Å². The number of halogens is 1. The van der Waals surface area contributed by atoms with Crippen molar-refractivity contribution < 1.29 is 4.74 Å². The Morgan fingerprint density at radius 1 is 1.62 bits per heavy atom. The molecule has 0 aliphatic rings. The summed E-state index contributed by atoms with van der Waals surface area (Å²) in [6.07, 6.45) is 1.52. The van der Waals surface area contributed by atoms with Crippen LogP contribution >= 0.6 is 11.6 Å². The van der Waals surface area contributed by atoms with Gasteiger partial charge in [0.25, 0.3) is 0 Å². The molecular formula is C9H12ClNO2. The first-order valence-corrected chi connectivity index (χ1v) is 4.49. The fourth-order valence-corrected chi connectivity index (χ4v) is 0.969. The maximum absolute atomic E-state index is 11.1. The predicted octanol–water partition coefficient (Wildman–Crippen LogP) is 2.06. The third kappa shape index (κ3) is 2.77. The summed E-state index contributed by atoms with van der Waals surface area (Å²) in [5, 5.41) is 0.114. The maximum atomic E-state index is 11.1. The number of pyridine rings is 1. The summed E-state index contributed by atoms with van der Waals surface area (Å²) < 4.78 is 5.29. The first kappa shape index (κ1) is 10.1. The Kier molecular flexibility index (Phi) is 3.37. The lowest BCUT2D eigenvalue weighted by atomic mass is 10.2. The number of ether oxygens (including phenoxy) is 1. The van der Waals surface area contributed by atoms with E-state index in [0.717, 1.165) is 0 Å². The molecular weight excluding hydrogens is 190 g/mol. The van der Waals surface area contributed by atoms with Crippen LogP contribution in [0.1, 0.15) is 13.8 Å². The Morgan fingerprint density at radius 2 is 2.31 bits per heavy atom. The lowest BCUT2D eigenvalue weighted by Crippen LogP contribution is -2.09. The van der Waals surface area contributed by atoms with Crippen LogP contribution in [0.3, 0.4) is 0 Å². The van der Waals surface area contributed by atoms with Crippen LogP contribution in [-0.4, -0.2) is 11.6 Å². The molecule has 4 heteroatoms. The van der Waals surface area contributed by atoms with E-state index in [1.165, 1.54) is 12.3 Å². The summed E-state index contributed by atoms with van der Waals surface area (Å²) in [6, 6.07) is 1.37. The molecule has 0 spiro atoms.